The Kier molecular flexibility index (Phi) is 6.22. The molecule has 4 heterocycles. The van der Waals surface area contributed by atoms with Crippen molar-refractivity contribution >= 4 is 11.9 Å². The molecule has 0 spiro atoms. The van der Waals surface area contributed by atoms with Gasteiger partial charge in [-0.2, -0.15) is 13.2 Å². The van der Waals surface area contributed by atoms with Crippen LogP contribution >= 0.6 is 0 Å². The Hall–Kier alpha value is -2.56. The second-order valence-electron chi connectivity index (χ2n) is 8.16. The number of hydrogen-bond donors (Lipinski definition) is 1. The van der Waals surface area contributed by atoms with Crippen molar-refractivity contribution < 1.29 is 32.2 Å². The van der Waals surface area contributed by atoms with E-state index in [0.29, 0.717) is 45.0 Å². The van der Waals surface area contributed by atoms with Crippen molar-refractivity contribution in [2.24, 2.45) is 5.92 Å². The molecule has 3 aliphatic rings. The molecule has 3 amide bonds. The lowest BCUT2D eigenvalue weighted by molar-refractivity contribution is -0.141. The average molecular weight is 442 g/mol. The normalized spacial score (nSPS) is 25.1. The van der Waals surface area contributed by atoms with Crippen LogP contribution in [0.25, 0.3) is 0 Å². The van der Waals surface area contributed by atoms with Gasteiger partial charge in [-0.1, -0.05) is 0 Å². The summed E-state index contributed by atoms with van der Waals surface area (Å²) in [5.41, 5.74) is -0.949. The molecule has 8 nitrogen and oxygen atoms in total. The highest BCUT2D eigenvalue weighted by Gasteiger charge is 2.38. The van der Waals surface area contributed by atoms with Crippen LogP contribution in [0.5, 0.6) is 5.75 Å². The maximum Gasteiger partial charge on any atom is 0.433 e. The number of aromatic nitrogens is 1. The molecule has 0 aromatic carbocycles. The Morgan fingerprint density at radius 3 is 2.61 bits per heavy atom. The quantitative estimate of drug-likeness (QED) is 0.773. The predicted molar refractivity (Wildman–Crippen MR) is 102 cm³/mol. The van der Waals surface area contributed by atoms with Gasteiger partial charge in [0.15, 0.2) is 0 Å². The van der Waals surface area contributed by atoms with Crippen molar-refractivity contribution in [3.63, 3.8) is 0 Å². The Bertz CT molecular complexity index is 797. The minimum absolute atomic E-state index is 0.0374. The third-order valence-electron chi connectivity index (χ3n) is 5.99. The third-order valence-corrected chi connectivity index (χ3v) is 5.99. The van der Waals surface area contributed by atoms with Gasteiger partial charge in [-0.25, -0.2) is 9.78 Å². The van der Waals surface area contributed by atoms with Crippen molar-refractivity contribution in [3.8, 4) is 5.75 Å². The van der Waals surface area contributed by atoms with Gasteiger partial charge in [0.05, 0.1) is 24.9 Å². The largest absolute Gasteiger partial charge is 0.492 e. The van der Waals surface area contributed by atoms with Gasteiger partial charge >= 0.3 is 12.2 Å². The monoisotopic (exact) mass is 442 g/mol. The van der Waals surface area contributed by atoms with Crippen LogP contribution in [0.1, 0.15) is 25.0 Å². The molecule has 3 fully saturated rings. The topological polar surface area (TPSA) is 84.0 Å². The predicted octanol–water partition coefficient (Wildman–Crippen LogP) is 1.90. The summed E-state index contributed by atoms with van der Waals surface area (Å²) in [4.78, 5) is 31.4. The number of rotatable bonds is 3. The second-order valence-corrected chi connectivity index (χ2v) is 8.16. The fourth-order valence-corrected chi connectivity index (χ4v) is 4.21. The number of carbonyl (C=O) groups is 2. The zero-order valence-corrected chi connectivity index (χ0v) is 16.9. The number of amides is 3. The van der Waals surface area contributed by atoms with Crippen molar-refractivity contribution in [2.45, 2.75) is 37.6 Å². The molecular formula is C20H25F3N4O4. The number of urea groups is 1. The van der Waals surface area contributed by atoms with Gasteiger partial charge in [-0.15, -0.1) is 0 Å². The molecule has 3 saturated heterocycles. The van der Waals surface area contributed by atoms with Crippen molar-refractivity contribution in [2.75, 3.05) is 39.4 Å². The lowest BCUT2D eigenvalue weighted by atomic mass is 9.97. The first kappa shape index (κ1) is 21.7. The standard InChI is InChI=1S/C20H25F3N4O4/c21-20(22,23)17-2-1-14(9-24-17)30-11-13-3-6-26(7-4-13)19(29)27-8-5-16-15(10-27)25-18(28)12-31-16/h1-2,9,13,15-16H,3-8,10-12H2,(H,25,28)/t15-,16+/m1/s1. The van der Waals surface area contributed by atoms with Crippen LogP contribution in [0, 0.1) is 5.92 Å². The van der Waals surface area contributed by atoms with Gasteiger partial charge in [0.1, 0.15) is 18.1 Å². The number of ether oxygens (including phenoxy) is 2. The number of fused-ring (bicyclic) bond motifs is 1. The number of halogens is 3. The highest BCUT2D eigenvalue weighted by Crippen LogP contribution is 2.28. The van der Waals surface area contributed by atoms with Crippen LogP contribution in [0.15, 0.2) is 18.3 Å². The summed E-state index contributed by atoms with van der Waals surface area (Å²) in [7, 11) is 0. The van der Waals surface area contributed by atoms with Gasteiger partial charge in [0.2, 0.25) is 5.91 Å². The van der Waals surface area contributed by atoms with E-state index in [9.17, 15) is 22.8 Å². The van der Waals surface area contributed by atoms with Crippen LogP contribution in [0.3, 0.4) is 0 Å². The van der Waals surface area contributed by atoms with Crippen LogP contribution in [0.4, 0.5) is 18.0 Å². The summed E-state index contributed by atoms with van der Waals surface area (Å²) in [5, 5.41) is 2.90. The minimum Gasteiger partial charge on any atom is -0.492 e. The molecule has 31 heavy (non-hydrogen) atoms. The van der Waals surface area contributed by atoms with E-state index in [1.807, 2.05) is 4.90 Å². The number of hydrogen-bond acceptors (Lipinski definition) is 5. The number of nitrogens with zero attached hydrogens (tertiary/aromatic N) is 3. The van der Waals surface area contributed by atoms with Crippen molar-refractivity contribution in [1.82, 2.24) is 20.1 Å². The number of pyridine rings is 1. The van der Waals surface area contributed by atoms with Crippen LogP contribution in [-0.4, -0.2) is 78.3 Å². The zero-order valence-electron chi connectivity index (χ0n) is 16.9. The van der Waals surface area contributed by atoms with Gasteiger partial charge in [-0.3, -0.25) is 4.79 Å². The lowest BCUT2D eigenvalue weighted by Crippen LogP contribution is -2.62. The summed E-state index contributed by atoms with van der Waals surface area (Å²) in [5.74, 6) is 0.355. The first-order chi connectivity index (χ1) is 14.8. The molecule has 11 heteroatoms. The second kappa shape index (κ2) is 8.89. The summed E-state index contributed by atoms with van der Waals surface area (Å²) >= 11 is 0. The average Bonchev–Trinajstić information content (AvgIpc) is 2.76. The molecule has 0 aliphatic carbocycles. The molecule has 4 rings (SSSR count). The Balaban J connectivity index is 1.21. The molecule has 1 aromatic heterocycles. The smallest absolute Gasteiger partial charge is 0.433 e. The summed E-state index contributed by atoms with van der Waals surface area (Å²) in [6, 6.07) is 1.97. The molecule has 3 aliphatic heterocycles. The molecule has 1 aromatic rings. The molecule has 0 radical (unpaired) electrons. The SMILES string of the molecule is O=C1CO[C@H]2CCN(C(=O)N3CCC(COc4ccc(C(F)(F)F)nc4)CC3)C[C@H]2N1. The first-order valence-corrected chi connectivity index (χ1v) is 10.4. The number of alkyl halides is 3. The molecule has 2 atom stereocenters. The van der Waals surface area contributed by atoms with E-state index in [-0.39, 0.29) is 36.6 Å². The number of nitrogens with one attached hydrogen (secondary N) is 1. The number of piperidine rings is 2. The molecular weight excluding hydrogens is 417 g/mol. The van der Waals surface area contributed by atoms with Crippen molar-refractivity contribution in [1.29, 1.82) is 0 Å². The highest BCUT2D eigenvalue weighted by molar-refractivity contribution is 5.79. The molecule has 0 unspecified atom stereocenters. The fraction of sp³-hybridized carbons (Fsp3) is 0.650. The zero-order chi connectivity index (χ0) is 22.0. The maximum absolute atomic E-state index is 12.9. The Morgan fingerprint density at radius 1 is 1.19 bits per heavy atom. The van der Waals surface area contributed by atoms with Gasteiger partial charge in [0.25, 0.3) is 0 Å². The summed E-state index contributed by atoms with van der Waals surface area (Å²) in [6.07, 6.45) is -1.23. The van der Waals surface area contributed by atoms with E-state index in [4.69, 9.17) is 9.47 Å². The van der Waals surface area contributed by atoms with Gasteiger partial charge in [-0.05, 0) is 37.3 Å². The Labute approximate surface area is 177 Å². The summed E-state index contributed by atoms with van der Waals surface area (Å²) in [6.45, 7) is 2.66. The number of carbonyl (C=O) groups excluding carboxylic acids is 2. The number of likely N-dealkylation sites (tertiary alicyclic amines) is 2. The van der Waals surface area contributed by atoms with Crippen molar-refractivity contribution in [3.05, 3.63) is 24.0 Å². The van der Waals surface area contributed by atoms with E-state index in [1.54, 1.807) is 4.90 Å². The molecule has 1 N–H and O–H groups in total. The minimum atomic E-state index is -4.47. The lowest BCUT2D eigenvalue weighted by Gasteiger charge is -2.43. The van der Waals surface area contributed by atoms with Gasteiger partial charge < -0.3 is 24.6 Å². The van der Waals surface area contributed by atoms with E-state index in [2.05, 4.69) is 10.3 Å². The molecule has 0 saturated carbocycles. The molecule has 0 bridgehead atoms. The molecule has 170 valence electrons. The highest BCUT2D eigenvalue weighted by atomic mass is 19.4. The number of morpholine rings is 1. The van der Waals surface area contributed by atoms with Crippen LogP contribution < -0.4 is 10.1 Å². The summed E-state index contributed by atoms with van der Waals surface area (Å²) < 4.78 is 48.8. The van der Waals surface area contributed by atoms with E-state index >= 15 is 0 Å². The third kappa shape index (κ3) is 5.20. The fourth-order valence-electron chi connectivity index (χ4n) is 4.21. The van der Waals surface area contributed by atoms with E-state index in [1.165, 1.54) is 6.07 Å². The first-order valence-electron chi connectivity index (χ1n) is 10.4. The van der Waals surface area contributed by atoms with Gasteiger partial charge in [0, 0.05) is 26.2 Å². The maximum atomic E-state index is 12.9. The Morgan fingerprint density at radius 2 is 1.94 bits per heavy atom. The van der Waals surface area contributed by atoms with Crippen LogP contribution in [0.2, 0.25) is 0 Å². The van der Waals surface area contributed by atoms with E-state index in [0.717, 1.165) is 25.1 Å². The van der Waals surface area contributed by atoms with Crippen LogP contribution in [-0.2, 0) is 15.7 Å². The van der Waals surface area contributed by atoms with E-state index < -0.39 is 11.9 Å².